The minimum Gasteiger partial charge on any atom is -0.491 e. The predicted molar refractivity (Wildman–Crippen MR) is 75.4 cm³/mol. The quantitative estimate of drug-likeness (QED) is 0.679. The van der Waals surface area contributed by atoms with Crippen molar-refractivity contribution in [2.75, 3.05) is 19.8 Å². The van der Waals surface area contributed by atoms with Crippen LogP contribution in [0.25, 0.3) is 0 Å². The van der Waals surface area contributed by atoms with Crippen molar-refractivity contribution in [2.45, 2.75) is 32.8 Å². The van der Waals surface area contributed by atoms with Gasteiger partial charge in [-0.05, 0) is 25.5 Å². The van der Waals surface area contributed by atoms with E-state index in [9.17, 15) is 9.90 Å². The molecule has 0 radical (unpaired) electrons. The van der Waals surface area contributed by atoms with Gasteiger partial charge in [-0.1, -0.05) is 19.4 Å². The highest BCUT2D eigenvalue weighted by molar-refractivity contribution is 5.90. The molecule has 1 unspecified atom stereocenters. The molecule has 0 saturated carbocycles. The number of ether oxygens (including phenoxy) is 2. The Labute approximate surface area is 119 Å². The minimum atomic E-state index is -0.989. The first-order valence-corrected chi connectivity index (χ1v) is 6.77. The lowest BCUT2D eigenvalue weighted by atomic mass is 10.1. The topological polar surface area (TPSA) is 76.0 Å². The number of aliphatic hydroxyl groups excluding tert-OH is 1. The van der Waals surface area contributed by atoms with Gasteiger partial charge in [0.2, 0.25) is 0 Å². The third-order valence-corrected chi connectivity index (χ3v) is 2.90. The third-order valence-electron chi connectivity index (χ3n) is 2.90. The molecule has 112 valence electrons. The Balaban J connectivity index is 2.45. The second-order valence-electron chi connectivity index (χ2n) is 4.63. The highest BCUT2D eigenvalue weighted by Crippen LogP contribution is 2.21. The zero-order valence-electron chi connectivity index (χ0n) is 12.0. The van der Waals surface area contributed by atoms with Crippen molar-refractivity contribution in [1.82, 2.24) is 0 Å². The van der Waals surface area contributed by atoms with E-state index in [1.807, 2.05) is 0 Å². The molecule has 0 fully saturated rings. The summed E-state index contributed by atoms with van der Waals surface area (Å²) in [6.07, 6.45) is 1.29. The lowest BCUT2D eigenvalue weighted by Crippen LogP contribution is -2.24. The molecule has 0 saturated heterocycles. The van der Waals surface area contributed by atoms with Gasteiger partial charge in [-0.25, -0.2) is 4.79 Å². The number of aromatic carboxylic acids is 1. The normalized spacial score (nSPS) is 12.2. The Bertz CT molecular complexity index is 430. The van der Waals surface area contributed by atoms with E-state index in [-0.39, 0.29) is 18.8 Å². The standard InChI is InChI=1S/C15H22O5/c1-3-4-8-19-9-12(16)10-20-14-7-5-6-13(11(14)2)15(17)18/h5-7,12,16H,3-4,8-10H2,1-2H3,(H,17,18). The van der Waals surface area contributed by atoms with Crippen LogP contribution in [0.15, 0.2) is 18.2 Å². The summed E-state index contributed by atoms with van der Waals surface area (Å²) in [6.45, 7) is 4.68. The van der Waals surface area contributed by atoms with Crippen molar-refractivity contribution in [3.05, 3.63) is 29.3 Å². The van der Waals surface area contributed by atoms with E-state index in [1.54, 1.807) is 19.1 Å². The Kier molecular flexibility index (Phi) is 7.04. The first-order chi connectivity index (χ1) is 9.56. The van der Waals surface area contributed by atoms with E-state index >= 15 is 0 Å². The number of carboxylic acid groups (broad SMARTS) is 1. The van der Waals surface area contributed by atoms with Crippen LogP contribution in [0.5, 0.6) is 5.75 Å². The van der Waals surface area contributed by atoms with Gasteiger partial charge < -0.3 is 19.7 Å². The Morgan fingerprint density at radius 1 is 1.35 bits per heavy atom. The molecule has 5 nitrogen and oxygen atoms in total. The van der Waals surface area contributed by atoms with E-state index in [1.165, 1.54) is 6.07 Å². The Hall–Kier alpha value is -1.59. The highest BCUT2D eigenvalue weighted by Gasteiger charge is 2.12. The van der Waals surface area contributed by atoms with E-state index in [2.05, 4.69) is 6.92 Å². The predicted octanol–water partition coefficient (Wildman–Crippen LogP) is 2.25. The molecule has 20 heavy (non-hydrogen) atoms. The highest BCUT2D eigenvalue weighted by atomic mass is 16.5. The summed E-state index contributed by atoms with van der Waals surface area (Å²) in [5, 5.41) is 18.7. The lowest BCUT2D eigenvalue weighted by molar-refractivity contribution is 0.0111. The number of rotatable bonds is 9. The van der Waals surface area contributed by atoms with Crippen LogP contribution in [0.3, 0.4) is 0 Å². The maximum absolute atomic E-state index is 11.0. The third kappa shape index (κ3) is 5.19. The molecule has 0 amide bonds. The van der Waals surface area contributed by atoms with Crippen LogP contribution in [0, 0.1) is 6.92 Å². The summed E-state index contributed by atoms with van der Waals surface area (Å²) in [7, 11) is 0. The molecule has 0 spiro atoms. The number of aliphatic hydroxyl groups is 1. The van der Waals surface area contributed by atoms with Crippen molar-refractivity contribution in [2.24, 2.45) is 0 Å². The second-order valence-corrected chi connectivity index (χ2v) is 4.63. The molecule has 0 heterocycles. The molecule has 0 bridgehead atoms. The van der Waals surface area contributed by atoms with Gasteiger partial charge in [-0.2, -0.15) is 0 Å². The molecule has 0 aliphatic heterocycles. The first-order valence-electron chi connectivity index (χ1n) is 6.77. The number of benzene rings is 1. The lowest BCUT2D eigenvalue weighted by Gasteiger charge is -2.15. The van der Waals surface area contributed by atoms with Crippen LogP contribution in [-0.4, -0.2) is 42.1 Å². The fraction of sp³-hybridized carbons (Fsp3) is 0.533. The van der Waals surface area contributed by atoms with E-state index in [4.69, 9.17) is 14.6 Å². The zero-order valence-corrected chi connectivity index (χ0v) is 12.0. The van der Waals surface area contributed by atoms with Crippen LogP contribution in [-0.2, 0) is 4.74 Å². The number of carboxylic acids is 1. The van der Waals surface area contributed by atoms with Gasteiger partial charge in [0.1, 0.15) is 18.5 Å². The summed E-state index contributed by atoms with van der Waals surface area (Å²) < 4.78 is 10.7. The zero-order chi connectivity index (χ0) is 15.0. The molecule has 0 aromatic heterocycles. The molecule has 0 aliphatic rings. The molecule has 5 heteroatoms. The Morgan fingerprint density at radius 2 is 2.10 bits per heavy atom. The minimum absolute atomic E-state index is 0.0794. The number of unbranched alkanes of at least 4 members (excludes halogenated alkanes) is 1. The van der Waals surface area contributed by atoms with Gasteiger partial charge >= 0.3 is 5.97 Å². The van der Waals surface area contributed by atoms with Crippen LogP contribution in [0.4, 0.5) is 0 Å². The van der Waals surface area contributed by atoms with E-state index in [0.29, 0.717) is 17.9 Å². The van der Waals surface area contributed by atoms with Gasteiger partial charge in [0.05, 0.1) is 12.2 Å². The van der Waals surface area contributed by atoms with Crippen molar-refractivity contribution in [3.8, 4) is 5.75 Å². The maximum atomic E-state index is 11.0. The first kappa shape index (κ1) is 16.5. The average Bonchev–Trinajstić information content (AvgIpc) is 2.42. The van der Waals surface area contributed by atoms with Gasteiger partial charge in [0.25, 0.3) is 0 Å². The molecular formula is C15H22O5. The Morgan fingerprint density at radius 3 is 2.75 bits per heavy atom. The summed E-state index contributed by atoms with van der Waals surface area (Å²) in [6, 6.07) is 4.83. The average molecular weight is 282 g/mol. The van der Waals surface area contributed by atoms with Crippen LogP contribution in [0.1, 0.15) is 35.7 Å². The SMILES string of the molecule is CCCCOCC(O)COc1cccc(C(=O)O)c1C. The van der Waals surface area contributed by atoms with E-state index < -0.39 is 12.1 Å². The smallest absolute Gasteiger partial charge is 0.336 e. The monoisotopic (exact) mass is 282 g/mol. The number of hydrogen-bond donors (Lipinski definition) is 2. The van der Waals surface area contributed by atoms with Crippen LogP contribution in [0.2, 0.25) is 0 Å². The molecule has 1 aromatic carbocycles. The van der Waals surface area contributed by atoms with Gasteiger partial charge in [-0.3, -0.25) is 0 Å². The number of hydrogen-bond acceptors (Lipinski definition) is 4. The fourth-order valence-electron chi connectivity index (χ4n) is 1.70. The molecule has 2 N–H and O–H groups in total. The largest absolute Gasteiger partial charge is 0.491 e. The van der Waals surface area contributed by atoms with E-state index in [0.717, 1.165) is 12.8 Å². The summed E-state index contributed by atoms with van der Waals surface area (Å²) in [5.74, 6) is -0.520. The van der Waals surface area contributed by atoms with Gasteiger partial charge in [0.15, 0.2) is 0 Å². The van der Waals surface area contributed by atoms with Crippen molar-refractivity contribution in [3.63, 3.8) is 0 Å². The summed E-state index contributed by atoms with van der Waals surface area (Å²) >= 11 is 0. The number of carbonyl (C=O) groups is 1. The summed E-state index contributed by atoms with van der Waals surface area (Å²) in [4.78, 5) is 11.0. The maximum Gasteiger partial charge on any atom is 0.336 e. The molecular weight excluding hydrogens is 260 g/mol. The second kappa shape index (κ2) is 8.55. The fourth-order valence-corrected chi connectivity index (χ4v) is 1.70. The molecule has 0 aliphatic carbocycles. The van der Waals surface area contributed by atoms with Crippen molar-refractivity contribution >= 4 is 5.97 Å². The molecule has 1 aromatic rings. The molecule has 1 atom stereocenters. The molecule has 1 rings (SSSR count). The van der Waals surface area contributed by atoms with Gasteiger partial charge in [-0.15, -0.1) is 0 Å². The summed E-state index contributed by atoms with van der Waals surface area (Å²) in [5.41, 5.74) is 0.760. The van der Waals surface area contributed by atoms with Crippen molar-refractivity contribution < 1.29 is 24.5 Å². The van der Waals surface area contributed by atoms with Crippen molar-refractivity contribution in [1.29, 1.82) is 0 Å². The van der Waals surface area contributed by atoms with Crippen LogP contribution >= 0.6 is 0 Å². The van der Waals surface area contributed by atoms with Crippen LogP contribution < -0.4 is 4.74 Å². The van der Waals surface area contributed by atoms with Gasteiger partial charge in [0, 0.05) is 12.2 Å².